The van der Waals surface area contributed by atoms with Crippen molar-refractivity contribution in [3.8, 4) is 11.5 Å². The van der Waals surface area contributed by atoms with Crippen LogP contribution in [0, 0.1) is 18.8 Å². The summed E-state index contributed by atoms with van der Waals surface area (Å²) < 4.78 is 10.6. The lowest BCUT2D eigenvalue weighted by Gasteiger charge is -2.29. The molecular formula is C26H28N4O6. The van der Waals surface area contributed by atoms with Gasteiger partial charge < -0.3 is 20.5 Å². The molecule has 10 nitrogen and oxygen atoms in total. The topological polar surface area (TPSA) is 140 Å². The molecule has 4 atom stereocenters. The molecule has 4 amide bonds. The number of nitrogens with two attached hydrogens (primary N) is 1. The van der Waals surface area contributed by atoms with E-state index in [0.717, 1.165) is 11.1 Å². The highest BCUT2D eigenvalue weighted by Gasteiger charge is 2.70. The van der Waals surface area contributed by atoms with Crippen molar-refractivity contribution < 1.29 is 28.7 Å². The van der Waals surface area contributed by atoms with Gasteiger partial charge in [-0.3, -0.25) is 29.4 Å². The van der Waals surface area contributed by atoms with Gasteiger partial charge in [-0.25, -0.2) is 0 Å². The van der Waals surface area contributed by atoms with Gasteiger partial charge in [-0.15, -0.1) is 0 Å². The Morgan fingerprint density at radius 1 is 1.06 bits per heavy atom. The average Bonchev–Trinajstić information content (AvgIpc) is 3.41. The molecule has 2 unspecified atom stereocenters. The number of carbonyl (C=O) groups excluding carboxylic acids is 4. The highest BCUT2D eigenvalue weighted by Crippen LogP contribution is 2.53. The van der Waals surface area contributed by atoms with Crippen molar-refractivity contribution in [2.24, 2.45) is 17.6 Å². The Morgan fingerprint density at radius 2 is 1.81 bits per heavy atom. The Labute approximate surface area is 208 Å². The van der Waals surface area contributed by atoms with Gasteiger partial charge in [0.2, 0.25) is 23.6 Å². The number of amides is 4. The molecule has 3 aliphatic rings. The molecule has 0 bridgehead atoms. The van der Waals surface area contributed by atoms with Crippen LogP contribution in [0.4, 0.5) is 5.69 Å². The molecule has 2 fully saturated rings. The number of hydrogen-bond donors (Lipinski definition) is 3. The van der Waals surface area contributed by atoms with Crippen LogP contribution in [-0.2, 0) is 31.1 Å². The summed E-state index contributed by atoms with van der Waals surface area (Å²) in [6, 6.07) is 10.2. The summed E-state index contributed by atoms with van der Waals surface area (Å²) in [5.41, 5.74) is 6.99. The van der Waals surface area contributed by atoms with Crippen molar-refractivity contribution in [3.63, 3.8) is 0 Å². The summed E-state index contributed by atoms with van der Waals surface area (Å²) in [7, 11) is 3.08. The smallest absolute Gasteiger partial charge is 0.250 e. The van der Waals surface area contributed by atoms with E-state index in [0.29, 0.717) is 29.2 Å². The lowest BCUT2D eigenvalue weighted by atomic mass is 9.76. The van der Waals surface area contributed by atoms with Gasteiger partial charge in [-0.1, -0.05) is 23.8 Å². The number of aryl methyl sites for hydroxylation is 1. The predicted octanol–water partition coefficient (Wildman–Crippen LogP) is 0.851. The van der Waals surface area contributed by atoms with Crippen LogP contribution in [-0.4, -0.2) is 55.3 Å². The number of fused-ring (bicyclic) bond motifs is 4. The number of nitrogens with one attached hydrogen (secondary N) is 2. The number of anilines is 1. The van der Waals surface area contributed by atoms with Crippen molar-refractivity contribution in [1.82, 2.24) is 10.2 Å². The Morgan fingerprint density at radius 3 is 2.50 bits per heavy atom. The molecule has 188 valence electrons. The fourth-order valence-corrected chi connectivity index (χ4v) is 5.86. The highest BCUT2D eigenvalue weighted by atomic mass is 16.5. The Hall–Kier alpha value is -3.92. The van der Waals surface area contributed by atoms with Crippen molar-refractivity contribution in [3.05, 3.63) is 53.1 Å². The molecule has 0 aliphatic carbocycles. The third kappa shape index (κ3) is 3.43. The van der Waals surface area contributed by atoms with E-state index in [-0.39, 0.29) is 13.0 Å². The quantitative estimate of drug-likeness (QED) is 0.487. The molecule has 3 heterocycles. The molecule has 36 heavy (non-hydrogen) atoms. The number of methoxy groups -OCH3 is 2. The van der Waals surface area contributed by atoms with Crippen molar-refractivity contribution in [2.45, 2.75) is 31.3 Å². The minimum absolute atomic E-state index is 0.127. The molecule has 2 aromatic rings. The zero-order chi connectivity index (χ0) is 25.8. The SMILES string of the molecule is COc1ccc(CCN2C(=O)[C@@H]3C(CC(N)=O)NC4(C(=O)Nc5ccc(C)cc54)[C@@H]3C2=O)cc1OC. The second-order valence-corrected chi connectivity index (χ2v) is 9.50. The van der Waals surface area contributed by atoms with Crippen LogP contribution in [0.3, 0.4) is 0 Å². The number of carbonyl (C=O) groups is 4. The number of rotatable bonds is 7. The van der Waals surface area contributed by atoms with E-state index < -0.39 is 47.0 Å². The van der Waals surface area contributed by atoms with Crippen molar-refractivity contribution >= 4 is 29.3 Å². The maximum atomic E-state index is 13.8. The number of primary amides is 1. The molecule has 5 rings (SSSR count). The molecule has 0 aromatic heterocycles. The minimum atomic E-state index is -1.45. The van der Waals surface area contributed by atoms with Gasteiger partial charge in [0.05, 0.1) is 26.1 Å². The minimum Gasteiger partial charge on any atom is -0.493 e. The Balaban J connectivity index is 1.49. The fourth-order valence-electron chi connectivity index (χ4n) is 5.86. The molecule has 3 aliphatic heterocycles. The van der Waals surface area contributed by atoms with E-state index in [9.17, 15) is 19.2 Å². The van der Waals surface area contributed by atoms with Crippen molar-refractivity contribution in [2.75, 3.05) is 26.1 Å². The summed E-state index contributed by atoms with van der Waals surface area (Å²) in [5.74, 6) is -2.61. The monoisotopic (exact) mass is 492 g/mol. The number of hydrogen-bond acceptors (Lipinski definition) is 7. The molecule has 2 saturated heterocycles. The van der Waals surface area contributed by atoms with Gasteiger partial charge >= 0.3 is 0 Å². The molecule has 2 aromatic carbocycles. The zero-order valence-electron chi connectivity index (χ0n) is 20.3. The van der Waals surface area contributed by atoms with Gasteiger partial charge in [0, 0.05) is 30.3 Å². The Bertz CT molecular complexity index is 1290. The molecule has 10 heteroatoms. The second kappa shape index (κ2) is 8.63. The number of ether oxygens (including phenoxy) is 2. The first-order valence-electron chi connectivity index (χ1n) is 11.8. The number of nitrogens with zero attached hydrogens (tertiary/aromatic N) is 1. The summed E-state index contributed by atoms with van der Waals surface area (Å²) in [6.45, 7) is 2.02. The van der Waals surface area contributed by atoms with Crippen LogP contribution in [0.2, 0.25) is 0 Å². The molecule has 4 N–H and O–H groups in total. The largest absolute Gasteiger partial charge is 0.493 e. The average molecular weight is 493 g/mol. The van der Waals surface area contributed by atoms with Crippen LogP contribution in [0.5, 0.6) is 11.5 Å². The van der Waals surface area contributed by atoms with Gasteiger partial charge in [-0.05, 0) is 37.1 Å². The van der Waals surface area contributed by atoms with Crippen LogP contribution in [0.25, 0.3) is 0 Å². The first kappa shape index (κ1) is 23.8. The molecule has 0 radical (unpaired) electrons. The van der Waals surface area contributed by atoms with E-state index in [1.54, 1.807) is 25.3 Å². The fraction of sp³-hybridized carbons (Fsp3) is 0.385. The van der Waals surface area contributed by atoms with E-state index in [1.165, 1.54) is 12.0 Å². The molecule has 1 spiro atoms. The molecule has 0 saturated carbocycles. The van der Waals surface area contributed by atoms with Gasteiger partial charge in [0.15, 0.2) is 11.5 Å². The summed E-state index contributed by atoms with van der Waals surface area (Å²) in [6.07, 6.45) is 0.222. The summed E-state index contributed by atoms with van der Waals surface area (Å²) in [4.78, 5) is 53.9. The van der Waals surface area contributed by atoms with E-state index in [2.05, 4.69) is 10.6 Å². The lowest BCUT2D eigenvalue weighted by Crippen LogP contribution is -2.53. The van der Waals surface area contributed by atoms with Crippen LogP contribution < -0.4 is 25.8 Å². The lowest BCUT2D eigenvalue weighted by molar-refractivity contribution is -0.142. The number of imide groups is 1. The normalized spacial score (nSPS) is 26.2. The maximum absolute atomic E-state index is 13.8. The van der Waals surface area contributed by atoms with E-state index in [1.807, 2.05) is 25.1 Å². The maximum Gasteiger partial charge on any atom is 0.250 e. The first-order valence-corrected chi connectivity index (χ1v) is 11.8. The number of likely N-dealkylation sites (tertiary alicyclic amines) is 1. The summed E-state index contributed by atoms with van der Waals surface area (Å²) >= 11 is 0. The van der Waals surface area contributed by atoms with Crippen molar-refractivity contribution in [1.29, 1.82) is 0 Å². The highest BCUT2D eigenvalue weighted by molar-refractivity contribution is 6.15. The number of benzene rings is 2. The van der Waals surface area contributed by atoms with E-state index >= 15 is 0 Å². The zero-order valence-corrected chi connectivity index (χ0v) is 20.3. The van der Waals surface area contributed by atoms with E-state index in [4.69, 9.17) is 15.2 Å². The third-order valence-electron chi connectivity index (χ3n) is 7.45. The van der Waals surface area contributed by atoms with Gasteiger partial charge in [-0.2, -0.15) is 0 Å². The predicted molar refractivity (Wildman–Crippen MR) is 129 cm³/mol. The third-order valence-corrected chi connectivity index (χ3v) is 7.45. The van der Waals surface area contributed by atoms with Gasteiger partial charge in [0.1, 0.15) is 5.54 Å². The van der Waals surface area contributed by atoms with Crippen LogP contribution in [0.1, 0.15) is 23.1 Å². The van der Waals surface area contributed by atoms with Crippen LogP contribution in [0.15, 0.2) is 36.4 Å². The van der Waals surface area contributed by atoms with Gasteiger partial charge in [0.25, 0.3) is 0 Å². The second-order valence-electron chi connectivity index (χ2n) is 9.50. The molecular weight excluding hydrogens is 464 g/mol. The van der Waals surface area contributed by atoms with Crippen LogP contribution >= 0.6 is 0 Å². The first-order chi connectivity index (χ1) is 17.2. The summed E-state index contributed by atoms with van der Waals surface area (Å²) in [5, 5.41) is 6.05. The standard InChI is InChI=1S/C26H28N4O6/c1-13-4-6-16-15(10-13)26(25(34)28-16)22-21(17(29-26)12-20(27)31)23(32)30(24(22)33)9-8-14-5-7-18(35-2)19(11-14)36-3/h4-7,10-11,17,21-22,29H,8-9,12H2,1-3H3,(H2,27,31)(H,28,34)/t17?,21-,22+,26?/m1/s1. The Kier molecular flexibility index (Phi) is 5.71.